The number of amides is 1. The van der Waals surface area contributed by atoms with Crippen LogP contribution in [0.2, 0.25) is 10.0 Å². The van der Waals surface area contributed by atoms with Gasteiger partial charge in [0.15, 0.2) is 5.75 Å². The van der Waals surface area contributed by atoms with Crippen molar-refractivity contribution in [2.75, 3.05) is 13.6 Å². The second kappa shape index (κ2) is 5.59. The number of ether oxygens (including phenoxy) is 1. The van der Waals surface area contributed by atoms with Crippen molar-refractivity contribution in [2.45, 2.75) is 0 Å². The van der Waals surface area contributed by atoms with Crippen LogP contribution in [0.25, 0.3) is 0 Å². The third kappa shape index (κ3) is 3.30. The Labute approximate surface area is 103 Å². The van der Waals surface area contributed by atoms with Gasteiger partial charge in [0.2, 0.25) is 0 Å². The predicted octanol–water partition coefficient (Wildman–Crippen LogP) is 2.95. The molecule has 0 atom stereocenters. The number of rotatable bonds is 2. The van der Waals surface area contributed by atoms with Crippen molar-refractivity contribution in [3.8, 4) is 11.8 Å². The lowest BCUT2D eigenvalue weighted by atomic mass is 10.3. The van der Waals surface area contributed by atoms with Crippen LogP contribution in [0.4, 0.5) is 4.79 Å². The van der Waals surface area contributed by atoms with Gasteiger partial charge in [0.1, 0.15) is 6.54 Å². The zero-order valence-corrected chi connectivity index (χ0v) is 9.92. The second-order valence-corrected chi connectivity index (χ2v) is 3.80. The van der Waals surface area contributed by atoms with Gasteiger partial charge in [0.05, 0.1) is 11.1 Å². The number of hydrogen-bond acceptors (Lipinski definition) is 3. The molecule has 1 rings (SSSR count). The van der Waals surface area contributed by atoms with Crippen LogP contribution in [0.3, 0.4) is 0 Å². The molecule has 0 N–H and O–H groups in total. The predicted molar refractivity (Wildman–Crippen MR) is 60.7 cm³/mol. The van der Waals surface area contributed by atoms with E-state index in [2.05, 4.69) is 0 Å². The molecule has 0 saturated carbocycles. The molecule has 4 nitrogen and oxygen atoms in total. The van der Waals surface area contributed by atoms with Crippen LogP contribution < -0.4 is 4.74 Å². The summed E-state index contributed by atoms with van der Waals surface area (Å²) in [6.07, 6.45) is -0.647. The minimum atomic E-state index is -0.647. The number of halogens is 2. The Morgan fingerprint density at radius 1 is 1.56 bits per heavy atom. The number of carbonyl (C=O) groups excluding carboxylic acids is 1. The number of carbonyl (C=O) groups is 1. The van der Waals surface area contributed by atoms with E-state index in [0.717, 1.165) is 4.90 Å². The zero-order valence-electron chi connectivity index (χ0n) is 8.41. The summed E-state index contributed by atoms with van der Waals surface area (Å²) in [5.41, 5.74) is 0. The summed E-state index contributed by atoms with van der Waals surface area (Å²) in [6, 6.07) is 6.34. The molecule has 84 valence electrons. The molecule has 0 saturated heterocycles. The van der Waals surface area contributed by atoms with Gasteiger partial charge in [0.25, 0.3) is 0 Å². The highest BCUT2D eigenvalue weighted by Gasteiger charge is 2.12. The van der Waals surface area contributed by atoms with Gasteiger partial charge >= 0.3 is 6.09 Å². The summed E-state index contributed by atoms with van der Waals surface area (Å²) >= 11 is 11.5. The molecule has 0 aliphatic carbocycles. The van der Waals surface area contributed by atoms with Crippen LogP contribution in [0.1, 0.15) is 0 Å². The van der Waals surface area contributed by atoms with Crippen molar-refractivity contribution < 1.29 is 9.53 Å². The molecule has 0 unspecified atom stereocenters. The molecule has 1 aromatic carbocycles. The molecule has 0 heterocycles. The van der Waals surface area contributed by atoms with E-state index in [1.165, 1.54) is 19.2 Å². The number of nitriles is 1. The van der Waals surface area contributed by atoms with Crippen LogP contribution in [0.15, 0.2) is 18.2 Å². The number of benzene rings is 1. The van der Waals surface area contributed by atoms with Crippen LogP contribution in [-0.4, -0.2) is 24.6 Å². The summed E-state index contributed by atoms with van der Waals surface area (Å²) < 4.78 is 4.96. The maximum Gasteiger partial charge on any atom is 0.415 e. The van der Waals surface area contributed by atoms with Crippen LogP contribution in [0, 0.1) is 11.3 Å². The Morgan fingerprint density at radius 2 is 2.25 bits per heavy atom. The SMILES string of the molecule is CN(CC#N)C(=O)Oc1ccc(Cl)cc1Cl. The minimum Gasteiger partial charge on any atom is -0.409 e. The average Bonchev–Trinajstić information content (AvgIpc) is 2.22. The molecular formula is C10H8Cl2N2O2. The fourth-order valence-corrected chi connectivity index (χ4v) is 1.35. The molecule has 0 bridgehead atoms. The van der Waals surface area contributed by atoms with Crippen LogP contribution in [0.5, 0.6) is 5.75 Å². The van der Waals surface area contributed by atoms with E-state index in [1.807, 2.05) is 6.07 Å². The quantitative estimate of drug-likeness (QED) is 0.767. The van der Waals surface area contributed by atoms with Gasteiger partial charge < -0.3 is 4.74 Å². The lowest BCUT2D eigenvalue weighted by molar-refractivity contribution is 0.168. The van der Waals surface area contributed by atoms with E-state index < -0.39 is 6.09 Å². The maximum atomic E-state index is 11.4. The Hall–Kier alpha value is -1.44. The van der Waals surface area contributed by atoms with Crippen LogP contribution in [-0.2, 0) is 0 Å². The minimum absolute atomic E-state index is 0.0515. The fourth-order valence-electron chi connectivity index (χ4n) is 0.901. The monoisotopic (exact) mass is 258 g/mol. The van der Waals surface area contributed by atoms with E-state index in [-0.39, 0.29) is 17.3 Å². The largest absolute Gasteiger partial charge is 0.415 e. The Balaban J connectivity index is 2.74. The molecule has 1 amide bonds. The van der Waals surface area contributed by atoms with Crippen molar-refractivity contribution >= 4 is 29.3 Å². The smallest absolute Gasteiger partial charge is 0.409 e. The van der Waals surface area contributed by atoms with Crippen molar-refractivity contribution in [3.05, 3.63) is 28.2 Å². The van der Waals surface area contributed by atoms with Gasteiger partial charge in [-0.15, -0.1) is 0 Å². The Kier molecular flexibility index (Phi) is 4.41. The first kappa shape index (κ1) is 12.6. The zero-order chi connectivity index (χ0) is 12.1. The lowest BCUT2D eigenvalue weighted by Gasteiger charge is -2.13. The summed E-state index contributed by atoms with van der Waals surface area (Å²) in [5.74, 6) is 0.209. The van der Waals surface area contributed by atoms with Gasteiger partial charge in [-0.25, -0.2) is 4.79 Å². The molecule has 1 aromatic rings. The Bertz CT molecular complexity index is 443. The highest BCUT2D eigenvalue weighted by atomic mass is 35.5. The summed E-state index contributed by atoms with van der Waals surface area (Å²) in [5, 5.41) is 9.10. The van der Waals surface area contributed by atoms with Crippen molar-refractivity contribution in [1.82, 2.24) is 4.90 Å². The highest BCUT2D eigenvalue weighted by Crippen LogP contribution is 2.27. The molecular weight excluding hydrogens is 251 g/mol. The summed E-state index contributed by atoms with van der Waals surface area (Å²) in [6.45, 7) is -0.0515. The van der Waals surface area contributed by atoms with Crippen molar-refractivity contribution in [3.63, 3.8) is 0 Å². The van der Waals surface area contributed by atoms with Gasteiger partial charge in [0, 0.05) is 12.1 Å². The van der Waals surface area contributed by atoms with Crippen molar-refractivity contribution in [2.24, 2.45) is 0 Å². The van der Waals surface area contributed by atoms with Gasteiger partial charge in [-0.05, 0) is 18.2 Å². The van der Waals surface area contributed by atoms with Gasteiger partial charge in [-0.2, -0.15) is 5.26 Å². The molecule has 0 aliphatic rings. The third-order valence-corrected chi connectivity index (χ3v) is 2.24. The standard InChI is InChI=1S/C10H8Cl2N2O2/c1-14(5-4-13)10(15)16-9-3-2-7(11)6-8(9)12/h2-3,6H,5H2,1H3. The molecule has 0 radical (unpaired) electrons. The van der Waals surface area contributed by atoms with E-state index in [0.29, 0.717) is 5.02 Å². The molecule has 6 heteroatoms. The van der Waals surface area contributed by atoms with Gasteiger partial charge in [-0.3, -0.25) is 4.90 Å². The highest BCUT2D eigenvalue weighted by molar-refractivity contribution is 6.35. The summed E-state index contributed by atoms with van der Waals surface area (Å²) in [7, 11) is 1.45. The van der Waals surface area contributed by atoms with Crippen LogP contribution >= 0.6 is 23.2 Å². The third-order valence-electron chi connectivity index (χ3n) is 1.71. The Morgan fingerprint density at radius 3 is 2.81 bits per heavy atom. The van der Waals surface area contributed by atoms with Crippen molar-refractivity contribution in [1.29, 1.82) is 5.26 Å². The fraction of sp³-hybridized carbons (Fsp3) is 0.200. The number of hydrogen-bond donors (Lipinski definition) is 0. The van der Waals surface area contributed by atoms with Gasteiger partial charge in [-0.1, -0.05) is 23.2 Å². The number of nitrogens with zero attached hydrogens (tertiary/aromatic N) is 2. The first-order valence-electron chi connectivity index (χ1n) is 4.29. The first-order valence-corrected chi connectivity index (χ1v) is 5.05. The molecule has 0 aromatic heterocycles. The van der Waals surface area contributed by atoms with E-state index >= 15 is 0 Å². The molecule has 0 aliphatic heterocycles. The normalized spacial score (nSPS) is 9.38. The first-order chi connectivity index (χ1) is 7.54. The lowest BCUT2D eigenvalue weighted by Crippen LogP contribution is -2.29. The van der Waals surface area contributed by atoms with E-state index in [1.54, 1.807) is 6.07 Å². The van der Waals surface area contributed by atoms with E-state index in [9.17, 15) is 4.79 Å². The molecule has 0 spiro atoms. The molecule has 16 heavy (non-hydrogen) atoms. The van der Waals surface area contributed by atoms with E-state index in [4.69, 9.17) is 33.2 Å². The topological polar surface area (TPSA) is 53.3 Å². The maximum absolute atomic E-state index is 11.4. The average molecular weight is 259 g/mol. The summed E-state index contributed by atoms with van der Waals surface area (Å²) in [4.78, 5) is 12.5. The molecule has 0 fully saturated rings. The second-order valence-electron chi connectivity index (χ2n) is 2.96.